The van der Waals surface area contributed by atoms with E-state index in [4.69, 9.17) is 9.88 Å². The van der Waals surface area contributed by atoms with Crippen molar-refractivity contribution in [1.82, 2.24) is 9.78 Å². The molecule has 0 aliphatic rings. The Morgan fingerprint density at radius 1 is 1.28 bits per heavy atom. The maximum absolute atomic E-state index is 11.7. The third-order valence-electron chi connectivity index (χ3n) is 3.52. The standard InChI is InChI=1S/C16H22N4O4S/c1-19-12-15(11-18-19)20(25(17,22)23)10-6-5-9-16(21)24-13-14-7-3-2-4-8-14/h2-4,7-8,11-12H,5-6,9-10,13H2,1H3,(H2,17,22,23). The van der Waals surface area contributed by atoms with Crippen LogP contribution in [-0.2, 0) is 33.4 Å². The second kappa shape index (κ2) is 8.63. The molecule has 25 heavy (non-hydrogen) atoms. The molecular formula is C16H22N4O4S. The molecule has 136 valence electrons. The summed E-state index contributed by atoms with van der Waals surface area (Å²) in [4.78, 5) is 11.7. The Balaban J connectivity index is 1.75. The first kappa shape index (κ1) is 18.9. The van der Waals surface area contributed by atoms with Crippen molar-refractivity contribution in [1.29, 1.82) is 0 Å². The number of carbonyl (C=O) groups is 1. The predicted octanol–water partition coefficient (Wildman–Crippen LogP) is 1.34. The molecule has 0 aliphatic heterocycles. The van der Waals surface area contributed by atoms with Crippen molar-refractivity contribution in [3.8, 4) is 0 Å². The highest BCUT2D eigenvalue weighted by molar-refractivity contribution is 7.90. The summed E-state index contributed by atoms with van der Waals surface area (Å²) in [5, 5.41) is 9.19. The van der Waals surface area contributed by atoms with E-state index in [0.717, 1.165) is 9.87 Å². The van der Waals surface area contributed by atoms with Crippen LogP contribution in [0.1, 0.15) is 24.8 Å². The fraction of sp³-hybridized carbons (Fsp3) is 0.375. The Hall–Kier alpha value is -2.39. The van der Waals surface area contributed by atoms with Crippen LogP contribution in [0.4, 0.5) is 5.69 Å². The van der Waals surface area contributed by atoms with Gasteiger partial charge in [-0.3, -0.25) is 13.8 Å². The van der Waals surface area contributed by atoms with E-state index in [1.807, 2.05) is 30.3 Å². The number of nitrogens with two attached hydrogens (primary N) is 1. The van der Waals surface area contributed by atoms with Gasteiger partial charge < -0.3 is 4.74 Å². The van der Waals surface area contributed by atoms with Crippen LogP contribution < -0.4 is 9.44 Å². The number of hydrogen-bond acceptors (Lipinski definition) is 5. The number of benzene rings is 1. The quantitative estimate of drug-likeness (QED) is 0.532. The SMILES string of the molecule is Cn1cc(N(CCCCC(=O)OCc2ccccc2)S(N)(=O)=O)cn1. The smallest absolute Gasteiger partial charge is 0.306 e. The minimum Gasteiger partial charge on any atom is -0.461 e. The molecule has 0 saturated heterocycles. The maximum Gasteiger partial charge on any atom is 0.306 e. The highest BCUT2D eigenvalue weighted by Crippen LogP contribution is 2.16. The molecule has 0 radical (unpaired) electrons. The summed E-state index contributed by atoms with van der Waals surface area (Å²) >= 11 is 0. The molecule has 0 unspecified atom stereocenters. The maximum atomic E-state index is 11.7. The molecule has 0 atom stereocenters. The Bertz CT molecular complexity index is 789. The van der Waals surface area contributed by atoms with Crippen LogP contribution in [-0.4, -0.2) is 30.7 Å². The lowest BCUT2D eigenvalue weighted by Gasteiger charge is -2.19. The Morgan fingerprint density at radius 2 is 2.00 bits per heavy atom. The third-order valence-corrected chi connectivity index (χ3v) is 4.53. The van der Waals surface area contributed by atoms with Crippen LogP contribution >= 0.6 is 0 Å². The number of carbonyl (C=O) groups excluding carboxylic acids is 1. The number of anilines is 1. The van der Waals surface area contributed by atoms with Crippen molar-refractivity contribution in [2.75, 3.05) is 10.8 Å². The zero-order chi connectivity index (χ0) is 18.3. The number of aryl methyl sites for hydroxylation is 1. The fourth-order valence-corrected chi connectivity index (χ4v) is 3.05. The normalized spacial score (nSPS) is 11.3. The molecule has 1 aromatic carbocycles. The van der Waals surface area contributed by atoms with Crippen molar-refractivity contribution in [3.63, 3.8) is 0 Å². The van der Waals surface area contributed by atoms with E-state index in [2.05, 4.69) is 5.10 Å². The molecule has 2 rings (SSSR count). The summed E-state index contributed by atoms with van der Waals surface area (Å²) in [5.74, 6) is -0.313. The van der Waals surface area contributed by atoms with Crippen LogP contribution in [0.2, 0.25) is 0 Å². The number of unbranched alkanes of at least 4 members (excludes halogenated alkanes) is 1. The average molecular weight is 366 g/mol. The van der Waals surface area contributed by atoms with Gasteiger partial charge in [0.05, 0.1) is 11.9 Å². The Morgan fingerprint density at radius 3 is 2.60 bits per heavy atom. The Kier molecular flexibility index (Phi) is 6.54. The van der Waals surface area contributed by atoms with Gasteiger partial charge >= 0.3 is 5.97 Å². The van der Waals surface area contributed by atoms with Crippen LogP contribution in [0.15, 0.2) is 42.7 Å². The van der Waals surface area contributed by atoms with Gasteiger partial charge in [0, 0.05) is 26.2 Å². The summed E-state index contributed by atoms with van der Waals surface area (Å²) in [7, 11) is -2.20. The molecule has 2 N–H and O–H groups in total. The monoisotopic (exact) mass is 366 g/mol. The van der Waals surface area contributed by atoms with Crippen LogP contribution in [0, 0.1) is 0 Å². The summed E-state index contributed by atoms with van der Waals surface area (Å²) < 4.78 is 31.2. The largest absolute Gasteiger partial charge is 0.461 e. The van der Waals surface area contributed by atoms with Crippen molar-refractivity contribution >= 4 is 21.9 Å². The third kappa shape index (κ3) is 6.20. The van der Waals surface area contributed by atoms with Gasteiger partial charge in [-0.15, -0.1) is 0 Å². The van der Waals surface area contributed by atoms with Gasteiger partial charge in [-0.25, -0.2) is 5.14 Å². The number of ether oxygens (including phenoxy) is 1. The molecule has 0 bridgehead atoms. The summed E-state index contributed by atoms with van der Waals surface area (Å²) in [6.07, 6.45) is 4.20. The number of hydrogen-bond donors (Lipinski definition) is 1. The van der Waals surface area contributed by atoms with Gasteiger partial charge in [-0.1, -0.05) is 30.3 Å². The van der Waals surface area contributed by atoms with Gasteiger partial charge in [0.2, 0.25) is 0 Å². The Labute approximate surface area is 147 Å². The van der Waals surface area contributed by atoms with Gasteiger partial charge in [0.25, 0.3) is 10.2 Å². The second-order valence-electron chi connectivity index (χ2n) is 5.59. The van der Waals surface area contributed by atoms with E-state index in [0.29, 0.717) is 18.5 Å². The minimum atomic E-state index is -3.89. The number of nitrogens with zero attached hydrogens (tertiary/aromatic N) is 3. The fourth-order valence-electron chi connectivity index (χ4n) is 2.28. The summed E-state index contributed by atoms with van der Waals surface area (Å²) in [6.45, 7) is 0.412. The predicted molar refractivity (Wildman–Crippen MR) is 93.8 cm³/mol. The van der Waals surface area contributed by atoms with Crippen molar-refractivity contribution in [2.45, 2.75) is 25.9 Å². The summed E-state index contributed by atoms with van der Waals surface area (Å²) in [6, 6.07) is 9.41. The highest BCUT2D eigenvalue weighted by atomic mass is 32.2. The lowest BCUT2D eigenvalue weighted by molar-refractivity contribution is -0.145. The summed E-state index contributed by atoms with van der Waals surface area (Å²) in [5.41, 5.74) is 1.32. The number of rotatable bonds is 9. The molecule has 0 aliphatic carbocycles. The van der Waals surface area contributed by atoms with E-state index >= 15 is 0 Å². The van der Waals surface area contributed by atoms with Gasteiger partial charge in [0.15, 0.2) is 0 Å². The molecule has 0 amide bonds. The van der Waals surface area contributed by atoms with E-state index in [9.17, 15) is 13.2 Å². The van der Waals surface area contributed by atoms with E-state index < -0.39 is 10.2 Å². The topological polar surface area (TPSA) is 108 Å². The lowest BCUT2D eigenvalue weighted by Crippen LogP contribution is -2.37. The van der Waals surface area contributed by atoms with Gasteiger partial charge in [-0.05, 0) is 18.4 Å². The van der Waals surface area contributed by atoms with E-state index in [1.165, 1.54) is 10.9 Å². The molecule has 2 aromatic rings. The van der Waals surface area contributed by atoms with Gasteiger partial charge in [0.1, 0.15) is 6.61 Å². The second-order valence-corrected chi connectivity index (χ2v) is 7.06. The first-order valence-electron chi connectivity index (χ1n) is 7.85. The van der Waals surface area contributed by atoms with Crippen molar-refractivity contribution < 1.29 is 17.9 Å². The zero-order valence-corrected chi connectivity index (χ0v) is 14.9. The van der Waals surface area contributed by atoms with E-state index in [-0.39, 0.29) is 25.5 Å². The van der Waals surface area contributed by atoms with Gasteiger partial charge in [-0.2, -0.15) is 13.5 Å². The molecule has 0 saturated carbocycles. The first-order valence-corrected chi connectivity index (χ1v) is 9.35. The molecule has 8 nitrogen and oxygen atoms in total. The zero-order valence-electron chi connectivity index (χ0n) is 14.0. The molecule has 1 heterocycles. The minimum absolute atomic E-state index is 0.177. The average Bonchev–Trinajstić information content (AvgIpc) is 2.98. The molecule has 0 fully saturated rings. The molecule has 0 spiro atoms. The number of esters is 1. The van der Waals surface area contributed by atoms with Crippen LogP contribution in [0.5, 0.6) is 0 Å². The van der Waals surface area contributed by atoms with E-state index in [1.54, 1.807) is 13.2 Å². The molecule has 1 aromatic heterocycles. The first-order chi connectivity index (χ1) is 11.9. The highest BCUT2D eigenvalue weighted by Gasteiger charge is 2.19. The molecule has 9 heteroatoms. The molecular weight excluding hydrogens is 344 g/mol. The lowest BCUT2D eigenvalue weighted by atomic mass is 10.2. The van der Waals surface area contributed by atoms with Crippen LogP contribution in [0.25, 0.3) is 0 Å². The van der Waals surface area contributed by atoms with Crippen molar-refractivity contribution in [3.05, 3.63) is 48.3 Å². The van der Waals surface area contributed by atoms with Crippen molar-refractivity contribution in [2.24, 2.45) is 12.2 Å². The van der Waals surface area contributed by atoms with Crippen LogP contribution in [0.3, 0.4) is 0 Å². The number of aromatic nitrogens is 2.